The molecule has 0 saturated heterocycles. The van der Waals surface area contributed by atoms with Gasteiger partial charge in [-0.3, -0.25) is 9.59 Å². The Kier molecular flexibility index (Phi) is 3.83. The fourth-order valence-corrected chi connectivity index (χ4v) is 2.47. The lowest BCUT2D eigenvalue weighted by Crippen LogP contribution is -2.41. The Labute approximate surface area is 116 Å². The van der Waals surface area contributed by atoms with Gasteiger partial charge in [0.15, 0.2) is 0 Å². The highest BCUT2D eigenvalue weighted by molar-refractivity contribution is 5.96. The first-order valence-electron chi connectivity index (χ1n) is 6.23. The molecule has 1 aliphatic heterocycles. The van der Waals surface area contributed by atoms with Crippen molar-refractivity contribution in [3.8, 4) is 11.5 Å². The van der Waals surface area contributed by atoms with Crippen LogP contribution in [0.25, 0.3) is 0 Å². The van der Waals surface area contributed by atoms with E-state index in [4.69, 9.17) is 9.47 Å². The molecule has 1 heterocycles. The number of carboxylic acids is 1. The first-order chi connectivity index (χ1) is 9.47. The summed E-state index contributed by atoms with van der Waals surface area (Å²) in [5, 5.41) is 9.22. The minimum absolute atomic E-state index is 0.153. The van der Waals surface area contributed by atoms with Gasteiger partial charge in [-0.05, 0) is 18.1 Å². The highest BCUT2D eigenvalue weighted by Crippen LogP contribution is 2.41. The highest BCUT2D eigenvalue weighted by atomic mass is 16.5. The van der Waals surface area contributed by atoms with Crippen molar-refractivity contribution in [2.24, 2.45) is 5.92 Å². The predicted molar refractivity (Wildman–Crippen MR) is 72.4 cm³/mol. The Morgan fingerprint density at radius 3 is 2.50 bits per heavy atom. The van der Waals surface area contributed by atoms with Crippen LogP contribution in [-0.4, -0.2) is 37.7 Å². The molecule has 108 valence electrons. The van der Waals surface area contributed by atoms with E-state index in [2.05, 4.69) is 0 Å². The normalized spacial score (nSPS) is 17.4. The number of carbonyl (C=O) groups is 2. The van der Waals surface area contributed by atoms with Gasteiger partial charge in [0, 0.05) is 19.5 Å². The molecule has 1 aromatic rings. The Balaban J connectivity index is 2.57. The SMILES string of the molecule is COc1cc2c(c(OC)c1)N(C(C)=O)CC(C(=O)O)C2. The molecule has 0 aliphatic carbocycles. The van der Waals surface area contributed by atoms with E-state index in [1.165, 1.54) is 26.0 Å². The summed E-state index contributed by atoms with van der Waals surface area (Å²) < 4.78 is 10.5. The van der Waals surface area contributed by atoms with Gasteiger partial charge in [0.1, 0.15) is 11.5 Å². The molecule has 0 bridgehead atoms. The van der Waals surface area contributed by atoms with Gasteiger partial charge < -0.3 is 19.5 Å². The molecule has 1 N–H and O–H groups in total. The monoisotopic (exact) mass is 279 g/mol. The summed E-state index contributed by atoms with van der Waals surface area (Å²) in [6.07, 6.45) is 0.349. The second kappa shape index (κ2) is 5.40. The number of ether oxygens (including phenoxy) is 2. The van der Waals surface area contributed by atoms with Crippen LogP contribution in [-0.2, 0) is 16.0 Å². The van der Waals surface area contributed by atoms with Crippen molar-refractivity contribution >= 4 is 17.6 Å². The van der Waals surface area contributed by atoms with Crippen LogP contribution in [0, 0.1) is 5.92 Å². The fourth-order valence-electron chi connectivity index (χ4n) is 2.47. The molecular formula is C14H17NO5. The van der Waals surface area contributed by atoms with Crippen molar-refractivity contribution in [2.45, 2.75) is 13.3 Å². The number of anilines is 1. The van der Waals surface area contributed by atoms with Gasteiger partial charge in [0.25, 0.3) is 0 Å². The number of hydrogen-bond acceptors (Lipinski definition) is 4. The molecule has 0 aromatic heterocycles. The third-order valence-corrected chi connectivity index (χ3v) is 3.45. The van der Waals surface area contributed by atoms with Gasteiger partial charge in [0.2, 0.25) is 5.91 Å². The average molecular weight is 279 g/mol. The van der Waals surface area contributed by atoms with Crippen LogP contribution < -0.4 is 14.4 Å². The Morgan fingerprint density at radius 2 is 2.00 bits per heavy atom. The second-order valence-electron chi connectivity index (χ2n) is 4.71. The topological polar surface area (TPSA) is 76.1 Å². The molecule has 6 nitrogen and oxygen atoms in total. The smallest absolute Gasteiger partial charge is 0.308 e. The molecule has 1 amide bonds. The average Bonchev–Trinajstić information content (AvgIpc) is 2.44. The van der Waals surface area contributed by atoms with Crippen molar-refractivity contribution in [3.05, 3.63) is 17.7 Å². The van der Waals surface area contributed by atoms with Gasteiger partial charge in [-0.2, -0.15) is 0 Å². The summed E-state index contributed by atoms with van der Waals surface area (Å²) in [4.78, 5) is 24.5. The van der Waals surface area contributed by atoms with Gasteiger partial charge in [-0.1, -0.05) is 0 Å². The largest absolute Gasteiger partial charge is 0.497 e. The van der Waals surface area contributed by atoms with Crippen LogP contribution in [0.3, 0.4) is 0 Å². The van der Waals surface area contributed by atoms with Crippen LogP contribution >= 0.6 is 0 Å². The van der Waals surface area contributed by atoms with Crippen LogP contribution in [0.15, 0.2) is 12.1 Å². The first-order valence-corrected chi connectivity index (χ1v) is 6.23. The first kappa shape index (κ1) is 14.2. The molecule has 1 aromatic carbocycles. The summed E-state index contributed by atoms with van der Waals surface area (Å²) in [7, 11) is 3.04. The van der Waals surface area contributed by atoms with Crippen molar-refractivity contribution < 1.29 is 24.2 Å². The van der Waals surface area contributed by atoms with E-state index in [9.17, 15) is 14.7 Å². The zero-order valence-corrected chi connectivity index (χ0v) is 11.7. The summed E-state index contributed by atoms with van der Waals surface area (Å²) in [6.45, 7) is 1.57. The molecule has 0 fully saturated rings. The minimum atomic E-state index is -0.913. The van der Waals surface area contributed by atoms with Crippen molar-refractivity contribution in [2.75, 3.05) is 25.7 Å². The van der Waals surface area contributed by atoms with E-state index >= 15 is 0 Å². The maximum atomic E-state index is 11.8. The number of nitrogens with zero attached hydrogens (tertiary/aromatic N) is 1. The molecule has 2 rings (SSSR count). The maximum Gasteiger partial charge on any atom is 0.308 e. The number of methoxy groups -OCH3 is 2. The van der Waals surface area contributed by atoms with Crippen molar-refractivity contribution in [1.29, 1.82) is 0 Å². The van der Waals surface area contributed by atoms with Gasteiger partial charge >= 0.3 is 5.97 Å². The quantitative estimate of drug-likeness (QED) is 0.903. The minimum Gasteiger partial charge on any atom is -0.497 e. The highest BCUT2D eigenvalue weighted by Gasteiger charge is 2.33. The lowest BCUT2D eigenvalue weighted by Gasteiger charge is -2.33. The Morgan fingerprint density at radius 1 is 1.30 bits per heavy atom. The number of amides is 1. The molecule has 1 atom stereocenters. The van der Waals surface area contributed by atoms with E-state index in [1.807, 2.05) is 0 Å². The molecule has 0 spiro atoms. The summed E-state index contributed by atoms with van der Waals surface area (Å²) in [5.41, 5.74) is 1.38. The number of benzene rings is 1. The van der Waals surface area contributed by atoms with Gasteiger partial charge in [-0.25, -0.2) is 0 Å². The maximum absolute atomic E-state index is 11.8. The van der Waals surface area contributed by atoms with E-state index < -0.39 is 11.9 Å². The van der Waals surface area contributed by atoms with Crippen molar-refractivity contribution in [1.82, 2.24) is 0 Å². The number of hydrogen-bond donors (Lipinski definition) is 1. The van der Waals surface area contributed by atoms with Crippen LogP contribution in [0.1, 0.15) is 12.5 Å². The van der Waals surface area contributed by atoms with E-state index in [0.29, 0.717) is 23.6 Å². The van der Waals surface area contributed by atoms with Crippen LogP contribution in [0.4, 0.5) is 5.69 Å². The Hall–Kier alpha value is -2.24. The second-order valence-corrected chi connectivity index (χ2v) is 4.71. The lowest BCUT2D eigenvalue weighted by molar-refractivity contribution is -0.141. The number of rotatable bonds is 3. The molecule has 20 heavy (non-hydrogen) atoms. The fraction of sp³-hybridized carbons (Fsp3) is 0.429. The summed E-state index contributed by atoms with van der Waals surface area (Å²) >= 11 is 0. The van der Waals surface area contributed by atoms with Gasteiger partial charge in [0.05, 0.1) is 25.8 Å². The molecular weight excluding hydrogens is 262 g/mol. The summed E-state index contributed by atoms with van der Waals surface area (Å²) in [6, 6.07) is 3.44. The summed E-state index contributed by atoms with van der Waals surface area (Å²) in [5.74, 6) is -0.652. The third-order valence-electron chi connectivity index (χ3n) is 3.45. The van der Waals surface area contributed by atoms with E-state index in [0.717, 1.165) is 5.56 Å². The number of carbonyl (C=O) groups excluding carboxylic acids is 1. The molecule has 0 saturated carbocycles. The van der Waals surface area contributed by atoms with Crippen LogP contribution in [0.2, 0.25) is 0 Å². The number of carboxylic acid groups (broad SMARTS) is 1. The molecule has 1 aliphatic rings. The van der Waals surface area contributed by atoms with Gasteiger partial charge in [-0.15, -0.1) is 0 Å². The molecule has 6 heteroatoms. The predicted octanol–water partition coefficient (Wildman–Crippen LogP) is 1.31. The zero-order chi connectivity index (χ0) is 14.9. The molecule has 0 radical (unpaired) electrons. The zero-order valence-electron chi connectivity index (χ0n) is 11.7. The van der Waals surface area contributed by atoms with E-state index in [1.54, 1.807) is 12.1 Å². The lowest BCUT2D eigenvalue weighted by atomic mass is 9.91. The third kappa shape index (κ3) is 2.41. The van der Waals surface area contributed by atoms with E-state index in [-0.39, 0.29) is 12.5 Å². The standard InChI is InChI=1S/C14H17NO5/c1-8(16)15-7-10(14(17)18)4-9-5-11(19-2)6-12(20-3)13(9)15/h5-6,10H,4,7H2,1-3H3,(H,17,18). The molecule has 1 unspecified atom stereocenters. The number of aliphatic carboxylic acids is 1. The Bertz CT molecular complexity index is 555. The van der Waals surface area contributed by atoms with Crippen LogP contribution in [0.5, 0.6) is 11.5 Å². The number of fused-ring (bicyclic) bond motifs is 1. The van der Waals surface area contributed by atoms with Crippen molar-refractivity contribution in [3.63, 3.8) is 0 Å².